The standard InChI is InChI=1S/C25H23Cl2N3O3/c1-30(25(33)29-23-12-11-19(26)15-22(23)27)20-8-4-6-17(14-20)21(9-2-3-10-24(31)32)18-7-5-13-28-16-18/h4-9,11-16H,2-3,10H2,1H3,(H,29,33)(H,31,32)/b21-9-. The molecule has 1 heterocycles. The summed E-state index contributed by atoms with van der Waals surface area (Å²) in [7, 11) is 1.67. The van der Waals surface area contributed by atoms with Crippen LogP contribution in [0.5, 0.6) is 0 Å². The van der Waals surface area contributed by atoms with Crippen molar-refractivity contribution in [2.45, 2.75) is 19.3 Å². The van der Waals surface area contributed by atoms with Gasteiger partial charge in [0.15, 0.2) is 0 Å². The van der Waals surface area contributed by atoms with Crippen LogP contribution in [0.25, 0.3) is 5.57 Å². The van der Waals surface area contributed by atoms with Crippen LogP contribution in [0.4, 0.5) is 16.2 Å². The van der Waals surface area contributed by atoms with E-state index in [0.717, 1.165) is 16.7 Å². The van der Waals surface area contributed by atoms with Gasteiger partial charge in [0.1, 0.15) is 0 Å². The molecule has 33 heavy (non-hydrogen) atoms. The molecule has 0 bridgehead atoms. The fraction of sp³-hybridized carbons (Fsp3) is 0.160. The Kier molecular flexibility index (Phi) is 8.46. The van der Waals surface area contributed by atoms with Crippen molar-refractivity contribution in [2.24, 2.45) is 0 Å². The van der Waals surface area contributed by atoms with Gasteiger partial charge in [0.25, 0.3) is 0 Å². The number of benzene rings is 2. The highest BCUT2D eigenvalue weighted by atomic mass is 35.5. The second-order valence-corrected chi connectivity index (χ2v) is 8.15. The van der Waals surface area contributed by atoms with Gasteiger partial charge in [-0.25, -0.2) is 4.79 Å². The zero-order valence-electron chi connectivity index (χ0n) is 18.0. The molecule has 3 rings (SSSR count). The predicted molar refractivity (Wildman–Crippen MR) is 133 cm³/mol. The molecule has 6 nitrogen and oxygen atoms in total. The normalized spacial score (nSPS) is 11.2. The first-order valence-corrected chi connectivity index (χ1v) is 11.0. The fourth-order valence-electron chi connectivity index (χ4n) is 3.21. The smallest absolute Gasteiger partial charge is 0.326 e. The summed E-state index contributed by atoms with van der Waals surface area (Å²) in [5.41, 5.74) is 3.86. The number of nitrogens with zero attached hydrogens (tertiary/aromatic N) is 2. The number of rotatable bonds is 8. The Morgan fingerprint density at radius 3 is 2.58 bits per heavy atom. The molecule has 0 fully saturated rings. The molecule has 2 aromatic carbocycles. The Morgan fingerprint density at radius 2 is 1.88 bits per heavy atom. The summed E-state index contributed by atoms with van der Waals surface area (Å²) >= 11 is 12.1. The quantitative estimate of drug-likeness (QED) is 0.347. The first-order valence-electron chi connectivity index (χ1n) is 10.3. The minimum Gasteiger partial charge on any atom is -0.481 e. The van der Waals surface area contributed by atoms with Gasteiger partial charge in [-0.15, -0.1) is 0 Å². The van der Waals surface area contributed by atoms with Crippen LogP contribution in [0, 0.1) is 0 Å². The van der Waals surface area contributed by atoms with Gasteiger partial charge < -0.3 is 10.4 Å². The lowest BCUT2D eigenvalue weighted by molar-refractivity contribution is -0.137. The van der Waals surface area contributed by atoms with E-state index in [9.17, 15) is 9.59 Å². The number of aromatic nitrogens is 1. The lowest BCUT2D eigenvalue weighted by Crippen LogP contribution is -2.31. The topological polar surface area (TPSA) is 82.5 Å². The van der Waals surface area contributed by atoms with Crippen LogP contribution in [0.1, 0.15) is 30.4 Å². The van der Waals surface area contributed by atoms with E-state index in [4.69, 9.17) is 28.3 Å². The number of halogens is 2. The maximum atomic E-state index is 12.8. The van der Waals surface area contributed by atoms with Crippen LogP contribution < -0.4 is 10.2 Å². The van der Waals surface area contributed by atoms with Crippen LogP contribution >= 0.6 is 23.2 Å². The number of hydrogen-bond donors (Lipinski definition) is 2. The highest BCUT2D eigenvalue weighted by Crippen LogP contribution is 2.29. The second kappa shape index (κ2) is 11.5. The third-order valence-electron chi connectivity index (χ3n) is 4.94. The predicted octanol–water partition coefficient (Wildman–Crippen LogP) is 6.74. The van der Waals surface area contributed by atoms with Crippen molar-refractivity contribution < 1.29 is 14.7 Å². The van der Waals surface area contributed by atoms with Crippen molar-refractivity contribution in [1.29, 1.82) is 0 Å². The molecule has 0 atom stereocenters. The Morgan fingerprint density at radius 1 is 1.09 bits per heavy atom. The van der Waals surface area contributed by atoms with Crippen molar-refractivity contribution >= 4 is 52.2 Å². The number of allylic oxidation sites excluding steroid dienone is 1. The number of nitrogens with one attached hydrogen (secondary N) is 1. The summed E-state index contributed by atoms with van der Waals surface area (Å²) in [6, 6.07) is 15.8. The van der Waals surface area contributed by atoms with E-state index < -0.39 is 5.97 Å². The number of carbonyl (C=O) groups is 2. The molecule has 3 aromatic rings. The van der Waals surface area contributed by atoms with Crippen LogP contribution in [0.15, 0.2) is 73.1 Å². The first kappa shape index (κ1) is 24.3. The third kappa shape index (κ3) is 6.81. The molecular weight excluding hydrogens is 461 g/mol. The number of amides is 2. The number of unbranched alkanes of at least 4 members (excludes halogenated alkanes) is 1. The van der Waals surface area contributed by atoms with E-state index in [0.29, 0.717) is 34.3 Å². The Bertz CT molecular complexity index is 1170. The molecule has 0 radical (unpaired) electrons. The molecule has 1 aromatic heterocycles. The molecule has 0 aliphatic rings. The number of aliphatic carboxylic acids is 1. The molecular formula is C25H23Cl2N3O3. The highest BCUT2D eigenvalue weighted by Gasteiger charge is 2.15. The second-order valence-electron chi connectivity index (χ2n) is 7.31. The number of pyridine rings is 1. The number of anilines is 2. The molecule has 0 aliphatic carbocycles. The summed E-state index contributed by atoms with van der Waals surface area (Å²) in [5, 5.41) is 12.5. The maximum absolute atomic E-state index is 12.8. The summed E-state index contributed by atoms with van der Waals surface area (Å²) in [5.74, 6) is -0.818. The average molecular weight is 484 g/mol. The third-order valence-corrected chi connectivity index (χ3v) is 5.49. The van der Waals surface area contributed by atoms with Crippen LogP contribution in [0.2, 0.25) is 10.0 Å². The first-order chi connectivity index (χ1) is 15.8. The maximum Gasteiger partial charge on any atom is 0.326 e. The molecule has 0 saturated heterocycles. The van der Waals surface area contributed by atoms with Crippen molar-refractivity contribution in [1.82, 2.24) is 4.98 Å². The monoisotopic (exact) mass is 483 g/mol. The van der Waals surface area contributed by atoms with Crippen molar-refractivity contribution in [3.63, 3.8) is 0 Å². The molecule has 0 aliphatic heterocycles. The van der Waals surface area contributed by atoms with Crippen LogP contribution in [-0.4, -0.2) is 29.1 Å². The van der Waals surface area contributed by atoms with Gasteiger partial charge in [-0.2, -0.15) is 0 Å². The summed E-state index contributed by atoms with van der Waals surface area (Å²) in [6.07, 6.45) is 6.70. The largest absolute Gasteiger partial charge is 0.481 e. The van der Waals surface area contributed by atoms with E-state index in [-0.39, 0.29) is 12.5 Å². The van der Waals surface area contributed by atoms with Gasteiger partial charge in [-0.3, -0.25) is 14.7 Å². The highest BCUT2D eigenvalue weighted by molar-refractivity contribution is 6.36. The molecule has 0 spiro atoms. The molecule has 2 amide bonds. The van der Waals surface area contributed by atoms with Gasteiger partial charge in [0.2, 0.25) is 0 Å². The van der Waals surface area contributed by atoms with E-state index in [1.807, 2.05) is 42.5 Å². The zero-order valence-corrected chi connectivity index (χ0v) is 19.5. The number of carboxylic acid groups (broad SMARTS) is 1. The van der Waals surface area contributed by atoms with Crippen molar-refractivity contribution in [2.75, 3.05) is 17.3 Å². The average Bonchev–Trinajstić information content (AvgIpc) is 2.81. The van der Waals surface area contributed by atoms with Gasteiger partial charge in [0.05, 0.1) is 10.7 Å². The zero-order chi connectivity index (χ0) is 23.8. The van der Waals surface area contributed by atoms with E-state index in [1.54, 1.807) is 37.6 Å². The number of carboxylic acids is 1. The molecule has 8 heteroatoms. The number of hydrogen-bond acceptors (Lipinski definition) is 3. The Labute approximate surface area is 202 Å². The van der Waals surface area contributed by atoms with E-state index >= 15 is 0 Å². The SMILES string of the molecule is CN(C(=O)Nc1ccc(Cl)cc1Cl)c1cccc(/C(=C/CCCC(=O)O)c2cccnc2)c1. The van der Waals surface area contributed by atoms with Crippen LogP contribution in [0.3, 0.4) is 0 Å². The summed E-state index contributed by atoms with van der Waals surface area (Å²) in [6.45, 7) is 0. The van der Waals surface area contributed by atoms with Gasteiger partial charge >= 0.3 is 12.0 Å². The van der Waals surface area contributed by atoms with Gasteiger partial charge in [-0.05, 0) is 60.4 Å². The number of urea groups is 1. The van der Waals surface area contributed by atoms with Gasteiger partial charge in [0, 0.05) is 42.1 Å². The Balaban J connectivity index is 1.84. The lowest BCUT2D eigenvalue weighted by atomic mass is 9.97. The minimum atomic E-state index is -0.818. The molecule has 0 saturated carbocycles. The van der Waals surface area contributed by atoms with Gasteiger partial charge in [-0.1, -0.05) is 47.5 Å². The van der Waals surface area contributed by atoms with Crippen LogP contribution in [-0.2, 0) is 4.79 Å². The lowest BCUT2D eigenvalue weighted by Gasteiger charge is -2.20. The van der Waals surface area contributed by atoms with E-state index in [1.165, 1.54) is 4.90 Å². The fourth-order valence-corrected chi connectivity index (χ4v) is 3.67. The number of carbonyl (C=O) groups excluding carboxylic acids is 1. The Hall–Kier alpha value is -3.35. The van der Waals surface area contributed by atoms with Crippen molar-refractivity contribution in [3.8, 4) is 0 Å². The summed E-state index contributed by atoms with van der Waals surface area (Å²) in [4.78, 5) is 29.4. The van der Waals surface area contributed by atoms with Crippen molar-refractivity contribution in [3.05, 3.63) is 94.2 Å². The molecule has 170 valence electrons. The minimum absolute atomic E-state index is 0.104. The molecule has 0 unspecified atom stereocenters. The summed E-state index contributed by atoms with van der Waals surface area (Å²) < 4.78 is 0. The van der Waals surface area contributed by atoms with E-state index in [2.05, 4.69) is 10.3 Å². The molecule has 2 N–H and O–H groups in total.